The lowest BCUT2D eigenvalue weighted by atomic mass is 10.0. The maximum absolute atomic E-state index is 14.1. The van der Waals surface area contributed by atoms with E-state index in [0.717, 1.165) is 12.1 Å². The predicted molar refractivity (Wildman–Crippen MR) is 83.4 cm³/mol. The van der Waals surface area contributed by atoms with Gasteiger partial charge in [0.15, 0.2) is 10.9 Å². The van der Waals surface area contributed by atoms with Gasteiger partial charge >= 0.3 is 6.18 Å². The van der Waals surface area contributed by atoms with Crippen LogP contribution in [0.25, 0.3) is 5.69 Å². The van der Waals surface area contributed by atoms with Crippen molar-refractivity contribution in [2.45, 2.75) is 19.0 Å². The Balaban J connectivity index is 2.63. The molecule has 0 saturated carbocycles. The molecule has 0 aliphatic rings. The first-order valence-electron chi connectivity index (χ1n) is 6.41. The standard InChI is InChI=1S/C14H9ClF4N2O2S/c1-6(13(23)24)8-3-11(10(16)4-9(8)15)21-12(22)2-7(5-20-21)14(17,18)19/h2-6H,1H3,(H,23,24). The van der Waals surface area contributed by atoms with E-state index in [-0.39, 0.29) is 10.6 Å². The van der Waals surface area contributed by atoms with E-state index >= 15 is 0 Å². The highest BCUT2D eigenvalue weighted by Gasteiger charge is 2.32. The fourth-order valence-corrected chi connectivity index (χ4v) is 2.37. The van der Waals surface area contributed by atoms with Crippen LogP contribution < -0.4 is 5.56 Å². The number of alkyl halides is 3. The topological polar surface area (TPSA) is 55.1 Å². The minimum absolute atomic E-state index is 0.0555. The summed E-state index contributed by atoms with van der Waals surface area (Å²) in [5, 5.41) is 12.3. The lowest BCUT2D eigenvalue weighted by Crippen LogP contribution is -2.24. The number of rotatable bonds is 3. The van der Waals surface area contributed by atoms with Crippen LogP contribution in [-0.2, 0) is 6.18 Å². The second-order valence-electron chi connectivity index (χ2n) is 4.88. The molecule has 1 aromatic heterocycles. The molecule has 0 aliphatic carbocycles. The molecule has 0 bridgehead atoms. The normalized spacial score (nSPS) is 12.9. The molecule has 1 aromatic carbocycles. The van der Waals surface area contributed by atoms with Crippen LogP contribution in [0.3, 0.4) is 0 Å². The second kappa shape index (κ2) is 6.48. The van der Waals surface area contributed by atoms with E-state index < -0.39 is 39.8 Å². The summed E-state index contributed by atoms with van der Waals surface area (Å²) in [7, 11) is 0. The molecule has 0 radical (unpaired) electrons. The molecule has 128 valence electrons. The molecule has 1 atom stereocenters. The van der Waals surface area contributed by atoms with Gasteiger partial charge in [-0.05, 0) is 29.9 Å². The summed E-state index contributed by atoms with van der Waals surface area (Å²) >= 11 is 10.5. The highest BCUT2D eigenvalue weighted by atomic mass is 35.5. The molecular weight excluding hydrogens is 372 g/mol. The zero-order valence-corrected chi connectivity index (χ0v) is 13.5. The molecule has 0 saturated heterocycles. The summed E-state index contributed by atoms with van der Waals surface area (Å²) in [6.45, 7) is 1.49. The molecule has 0 amide bonds. The Kier molecular flexibility index (Phi) is 4.95. The summed E-state index contributed by atoms with van der Waals surface area (Å²) in [5.74, 6) is -1.72. The Bertz CT molecular complexity index is 867. The molecule has 0 aliphatic heterocycles. The number of hydrogen-bond acceptors (Lipinski definition) is 3. The van der Waals surface area contributed by atoms with Crippen molar-refractivity contribution in [3.05, 3.63) is 56.7 Å². The molecule has 1 heterocycles. The predicted octanol–water partition coefficient (Wildman–Crippen LogP) is 4.03. The SMILES string of the molecule is CC(C(O)=S)c1cc(-n2ncc(C(F)(F)F)cc2=O)c(F)cc1Cl. The number of nitrogens with zero attached hydrogens (tertiary/aromatic N) is 2. The number of aromatic nitrogens is 2. The van der Waals surface area contributed by atoms with Gasteiger partial charge in [-0.15, -0.1) is 0 Å². The van der Waals surface area contributed by atoms with Gasteiger partial charge in [-0.1, -0.05) is 18.5 Å². The third-order valence-corrected chi connectivity index (χ3v) is 3.94. The molecule has 4 nitrogen and oxygen atoms in total. The van der Waals surface area contributed by atoms with Crippen LogP contribution in [0.15, 0.2) is 29.2 Å². The van der Waals surface area contributed by atoms with Crippen molar-refractivity contribution in [1.82, 2.24) is 9.78 Å². The van der Waals surface area contributed by atoms with Crippen LogP contribution in [0.2, 0.25) is 5.02 Å². The number of hydrogen-bond donors (Lipinski definition) is 1. The first-order chi connectivity index (χ1) is 11.0. The first-order valence-corrected chi connectivity index (χ1v) is 7.19. The van der Waals surface area contributed by atoms with Crippen molar-refractivity contribution >= 4 is 28.9 Å². The summed E-state index contributed by atoms with van der Waals surface area (Å²) in [5.41, 5.74) is -2.62. The van der Waals surface area contributed by atoms with Crippen LogP contribution in [0.5, 0.6) is 0 Å². The molecule has 0 spiro atoms. The van der Waals surface area contributed by atoms with Gasteiger partial charge in [0.1, 0.15) is 5.69 Å². The molecule has 2 aromatic rings. The third kappa shape index (κ3) is 3.57. The number of thiocarbonyl (C=S) groups is 1. The molecule has 2 rings (SSSR count). The average molecular weight is 381 g/mol. The van der Waals surface area contributed by atoms with Crippen molar-refractivity contribution in [1.29, 1.82) is 0 Å². The molecule has 1 N–H and O–H groups in total. The van der Waals surface area contributed by atoms with E-state index in [2.05, 4.69) is 17.3 Å². The van der Waals surface area contributed by atoms with E-state index in [1.807, 2.05) is 0 Å². The van der Waals surface area contributed by atoms with Crippen molar-refractivity contribution in [3.8, 4) is 5.69 Å². The van der Waals surface area contributed by atoms with Gasteiger partial charge in [0.25, 0.3) is 5.56 Å². The molecule has 10 heteroatoms. The van der Waals surface area contributed by atoms with Gasteiger partial charge in [0.05, 0.1) is 17.7 Å². The van der Waals surface area contributed by atoms with Gasteiger partial charge in [-0.3, -0.25) is 4.79 Å². The Hall–Kier alpha value is -2.00. The minimum atomic E-state index is -4.74. The van der Waals surface area contributed by atoms with Crippen LogP contribution in [0.1, 0.15) is 24.0 Å². The van der Waals surface area contributed by atoms with E-state index in [1.165, 1.54) is 6.92 Å². The summed E-state index contributed by atoms with van der Waals surface area (Å²) in [4.78, 5) is 11.9. The molecule has 1 unspecified atom stereocenters. The zero-order valence-electron chi connectivity index (χ0n) is 11.9. The Labute approximate surface area is 143 Å². The van der Waals surface area contributed by atoms with Crippen LogP contribution >= 0.6 is 23.8 Å². The van der Waals surface area contributed by atoms with E-state index in [0.29, 0.717) is 16.9 Å². The van der Waals surface area contributed by atoms with Crippen LogP contribution in [0.4, 0.5) is 17.6 Å². The Morgan fingerprint density at radius 3 is 2.50 bits per heavy atom. The quantitative estimate of drug-likeness (QED) is 0.645. The summed E-state index contributed by atoms with van der Waals surface area (Å²) in [6, 6.07) is 2.28. The van der Waals surface area contributed by atoms with Crippen molar-refractivity contribution < 1.29 is 22.7 Å². The van der Waals surface area contributed by atoms with Gasteiger partial charge < -0.3 is 5.11 Å². The van der Waals surface area contributed by atoms with Crippen LogP contribution in [0, 0.1) is 5.82 Å². The van der Waals surface area contributed by atoms with Gasteiger partial charge in [0, 0.05) is 11.1 Å². The van der Waals surface area contributed by atoms with Gasteiger partial charge in [-0.2, -0.15) is 23.0 Å². The monoisotopic (exact) mass is 380 g/mol. The summed E-state index contributed by atoms with van der Waals surface area (Å²) < 4.78 is 52.3. The smallest absolute Gasteiger partial charge is 0.418 e. The molecule has 24 heavy (non-hydrogen) atoms. The maximum atomic E-state index is 14.1. The number of benzene rings is 1. The third-order valence-electron chi connectivity index (χ3n) is 3.26. The Morgan fingerprint density at radius 1 is 1.38 bits per heavy atom. The fourth-order valence-electron chi connectivity index (χ4n) is 1.93. The largest absolute Gasteiger partial charge is 0.502 e. The van der Waals surface area contributed by atoms with Gasteiger partial charge in [-0.25, -0.2) is 4.39 Å². The Morgan fingerprint density at radius 2 is 2.00 bits per heavy atom. The highest BCUT2D eigenvalue weighted by molar-refractivity contribution is 7.80. The first kappa shape index (κ1) is 18.3. The zero-order chi connectivity index (χ0) is 18.2. The average Bonchev–Trinajstić information content (AvgIpc) is 2.46. The summed E-state index contributed by atoms with van der Waals surface area (Å²) in [6.07, 6.45) is -4.33. The lowest BCUT2D eigenvalue weighted by Gasteiger charge is -2.14. The number of halogens is 5. The van der Waals surface area contributed by atoms with Crippen molar-refractivity contribution in [3.63, 3.8) is 0 Å². The van der Waals surface area contributed by atoms with E-state index in [1.54, 1.807) is 0 Å². The van der Waals surface area contributed by atoms with Crippen LogP contribution in [-0.4, -0.2) is 19.9 Å². The number of aliphatic hydroxyl groups is 1. The van der Waals surface area contributed by atoms with Crippen molar-refractivity contribution in [2.75, 3.05) is 0 Å². The molecule has 0 fully saturated rings. The minimum Gasteiger partial charge on any atom is -0.502 e. The highest BCUT2D eigenvalue weighted by Crippen LogP contribution is 2.30. The number of aliphatic hydroxyl groups excluding tert-OH is 1. The second-order valence-corrected chi connectivity index (χ2v) is 5.70. The van der Waals surface area contributed by atoms with E-state index in [9.17, 15) is 27.5 Å². The van der Waals surface area contributed by atoms with Crippen molar-refractivity contribution in [2.24, 2.45) is 0 Å². The van der Waals surface area contributed by atoms with E-state index in [4.69, 9.17) is 11.6 Å². The fraction of sp³-hybridized carbons (Fsp3) is 0.214. The lowest BCUT2D eigenvalue weighted by molar-refractivity contribution is -0.138. The van der Waals surface area contributed by atoms with Gasteiger partial charge in [0.2, 0.25) is 0 Å². The molecular formula is C14H9ClF4N2O2S. The maximum Gasteiger partial charge on any atom is 0.418 e.